The lowest BCUT2D eigenvalue weighted by molar-refractivity contribution is -0.141. The van der Waals surface area contributed by atoms with Crippen molar-refractivity contribution in [3.63, 3.8) is 0 Å². The summed E-state index contributed by atoms with van der Waals surface area (Å²) in [6.07, 6.45) is 2.03. The molecule has 0 aliphatic carbocycles. The van der Waals surface area contributed by atoms with Gasteiger partial charge in [-0.15, -0.1) is 0 Å². The minimum absolute atomic E-state index is 0.597. The summed E-state index contributed by atoms with van der Waals surface area (Å²) < 4.78 is 0. The van der Waals surface area contributed by atoms with E-state index in [1.807, 2.05) is 0 Å². The zero-order valence-electron chi connectivity index (χ0n) is 9.85. The summed E-state index contributed by atoms with van der Waals surface area (Å²) in [6.45, 7) is 2.85. The van der Waals surface area contributed by atoms with E-state index in [1.165, 1.54) is 6.92 Å². The molecular formula is C10H19N3O4. The van der Waals surface area contributed by atoms with Crippen molar-refractivity contribution in [1.82, 2.24) is 15.8 Å². The number of aliphatic hydroxyl groups excluding tert-OH is 1. The summed E-state index contributed by atoms with van der Waals surface area (Å²) >= 11 is 0. The van der Waals surface area contributed by atoms with E-state index in [4.69, 9.17) is 5.11 Å². The summed E-state index contributed by atoms with van der Waals surface area (Å²) in [5, 5.41) is 22.0. The topological polar surface area (TPSA) is 102 Å². The fraction of sp³-hybridized carbons (Fsp3) is 0.800. The van der Waals surface area contributed by atoms with Crippen molar-refractivity contribution >= 4 is 12.0 Å². The summed E-state index contributed by atoms with van der Waals surface area (Å²) in [5.41, 5.74) is 2.57. The predicted octanol–water partition coefficient (Wildman–Crippen LogP) is -0.480. The summed E-state index contributed by atoms with van der Waals surface area (Å²) in [5.74, 6) is -1.26. The summed E-state index contributed by atoms with van der Waals surface area (Å²) in [4.78, 5) is 22.2. The number of hydrogen-bond acceptors (Lipinski definition) is 4. The van der Waals surface area contributed by atoms with Gasteiger partial charge in [0.2, 0.25) is 0 Å². The Morgan fingerprint density at radius 3 is 2.29 bits per heavy atom. The molecule has 7 heteroatoms. The number of nitrogens with one attached hydrogen (secondary N) is 2. The first-order chi connectivity index (χ1) is 8.00. The van der Waals surface area contributed by atoms with Crippen LogP contribution in [0.3, 0.4) is 0 Å². The lowest BCUT2D eigenvalue weighted by Gasteiger charge is -2.27. The predicted molar refractivity (Wildman–Crippen MR) is 60.2 cm³/mol. The van der Waals surface area contributed by atoms with Crippen molar-refractivity contribution in [3.05, 3.63) is 0 Å². The molecule has 17 heavy (non-hydrogen) atoms. The molecule has 1 saturated heterocycles. The molecule has 0 radical (unpaired) electrons. The summed E-state index contributed by atoms with van der Waals surface area (Å²) in [6, 6.07) is -1.89. The minimum atomic E-state index is -1.29. The van der Waals surface area contributed by atoms with Crippen LogP contribution in [0.5, 0.6) is 0 Å². The number of carbonyl (C=O) groups excluding carboxylic acids is 1. The van der Waals surface area contributed by atoms with Gasteiger partial charge in [0.05, 0.1) is 6.10 Å². The normalized spacial score (nSPS) is 20.4. The maximum atomic E-state index is 11.5. The molecule has 1 rings (SSSR count). The Bertz CT molecular complexity index is 277. The standard InChI is InChI=1S/C10H19N3O4/c1-7(14)8(9(15)16)11-10(17)12-13-5-3-2-4-6-13/h7-8,14H,2-6H2,1H3,(H,15,16)(H2,11,12,17). The molecule has 4 N–H and O–H groups in total. The van der Waals surface area contributed by atoms with E-state index in [0.29, 0.717) is 0 Å². The van der Waals surface area contributed by atoms with Gasteiger partial charge in [-0.2, -0.15) is 0 Å². The van der Waals surface area contributed by atoms with Crippen LogP contribution in [0.1, 0.15) is 26.2 Å². The molecule has 1 fully saturated rings. The molecule has 0 saturated carbocycles. The van der Waals surface area contributed by atoms with Crippen molar-refractivity contribution in [2.45, 2.75) is 38.3 Å². The number of urea groups is 1. The van der Waals surface area contributed by atoms with Gasteiger partial charge in [0.15, 0.2) is 6.04 Å². The zero-order valence-corrected chi connectivity index (χ0v) is 9.85. The van der Waals surface area contributed by atoms with Crippen molar-refractivity contribution in [2.75, 3.05) is 13.1 Å². The van der Waals surface area contributed by atoms with Gasteiger partial charge in [0.1, 0.15) is 0 Å². The van der Waals surface area contributed by atoms with Crippen LogP contribution >= 0.6 is 0 Å². The number of rotatable bonds is 4. The number of hydrazine groups is 1. The number of carbonyl (C=O) groups is 2. The SMILES string of the molecule is CC(O)C(NC(=O)NN1CCCCC1)C(=O)O. The number of piperidine rings is 1. The molecule has 0 aromatic carbocycles. The second-order valence-corrected chi connectivity index (χ2v) is 4.19. The number of carboxylic acids is 1. The Kier molecular flexibility index (Phi) is 5.17. The highest BCUT2D eigenvalue weighted by Gasteiger charge is 2.25. The second kappa shape index (κ2) is 6.41. The van der Waals surface area contributed by atoms with Crippen LogP contribution in [0, 0.1) is 0 Å². The number of carboxylic acid groups (broad SMARTS) is 1. The summed E-state index contributed by atoms with van der Waals surface area (Å²) in [7, 11) is 0. The number of aliphatic hydroxyl groups is 1. The van der Waals surface area contributed by atoms with Crippen LogP contribution in [0.2, 0.25) is 0 Å². The molecule has 1 aliphatic heterocycles. The largest absolute Gasteiger partial charge is 0.480 e. The molecule has 1 aliphatic rings. The highest BCUT2D eigenvalue weighted by molar-refractivity contribution is 5.82. The third kappa shape index (κ3) is 4.58. The highest BCUT2D eigenvalue weighted by atomic mass is 16.4. The van der Waals surface area contributed by atoms with E-state index in [1.54, 1.807) is 5.01 Å². The maximum absolute atomic E-state index is 11.5. The molecule has 0 bridgehead atoms. The van der Waals surface area contributed by atoms with E-state index >= 15 is 0 Å². The van der Waals surface area contributed by atoms with E-state index in [9.17, 15) is 14.7 Å². The lowest BCUT2D eigenvalue weighted by atomic mass is 10.2. The van der Waals surface area contributed by atoms with E-state index < -0.39 is 24.1 Å². The maximum Gasteiger partial charge on any atom is 0.330 e. The average molecular weight is 245 g/mol. The molecule has 98 valence electrons. The van der Waals surface area contributed by atoms with Crippen LogP contribution < -0.4 is 10.7 Å². The fourth-order valence-corrected chi connectivity index (χ4v) is 1.71. The third-order valence-corrected chi connectivity index (χ3v) is 2.65. The monoisotopic (exact) mass is 245 g/mol. The van der Waals surface area contributed by atoms with Gasteiger partial charge >= 0.3 is 12.0 Å². The van der Waals surface area contributed by atoms with Crippen LogP contribution in [0.25, 0.3) is 0 Å². The lowest BCUT2D eigenvalue weighted by Crippen LogP contribution is -2.55. The third-order valence-electron chi connectivity index (χ3n) is 2.65. The first-order valence-corrected chi connectivity index (χ1v) is 5.73. The first-order valence-electron chi connectivity index (χ1n) is 5.73. The van der Waals surface area contributed by atoms with Gasteiger partial charge in [0, 0.05) is 13.1 Å². The van der Waals surface area contributed by atoms with Crippen molar-refractivity contribution in [1.29, 1.82) is 0 Å². The number of amides is 2. The molecule has 0 aromatic heterocycles. The quantitative estimate of drug-likeness (QED) is 0.536. The Balaban J connectivity index is 2.38. The molecule has 0 aromatic rings. The Morgan fingerprint density at radius 2 is 1.82 bits per heavy atom. The van der Waals surface area contributed by atoms with Crippen LogP contribution in [0.4, 0.5) is 4.79 Å². The van der Waals surface area contributed by atoms with Gasteiger partial charge in [-0.25, -0.2) is 14.6 Å². The Labute approximate surface area is 99.8 Å². The zero-order chi connectivity index (χ0) is 12.8. The fourth-order valence-electron chi connectivity index (χ4n) is 1.71. The van der Waals surface area contributed by atoms with E-state index in [2.05, 4.69) is 10.7 Å². The molecule has 0 spiro atoms. The highest BCUT2D eigenvalue weighted by Crippen LogP contribution is 2.05. The molecule has 2 amide bonds. The Morgan fingerprint density at radius 1 is 1.24 bits per heavy atom. The van der Waals surface area contributed by atoms with E-state index in [0.717, 1.165) is 32.4 Å². The number of nitrogens with zero attached hydrogens (tertiary/aromatic N) is 1. The van der Waals surface area contributed by atoms with Crippen molar-refractivity contribution in [2.24, 2.45) is 0 Å². The average Bonchev–Trinajstić information content (AvgIpc) is 2.26. The molecular weight excluding hydrogens is 226 g/mol. The van der Waals surface area contributed by atoms with Gasteiger partial charge in [-0.1, -0.05) is 6.42 Å². The number of aliphatic carboxylic acids is 1. The van der Waals surface area contributed by atoms with Gasteiger partial charge in [0.25, 0.3) is 0 Å². The molecule has 7 nitrogen and oxygen atoms in total. The minimum Gasteiger partial charge on any atom is -0.480 e. The Hall–Kier alpha value is -1.34. The second-order valence-electron chi connectivity index (χ2n) is 4.19. The first kappa shape index (κ1) is 13.7. The van der Waals surface area contributed by atoms with Gasteiger partial charge in [-0.05, 0) is 19.8 Å². The van der Waals surface area contributed by atoms with Crippen molar-refractivity contribution < 1.29 is 19.8 Å². The molecule has 2 unspecified atom stereocenters. The van der Waals surface area contributed by atoms with Gasteiger partial charge in [-0.3, -0.25) is 5.43 Å². The van der Waals surface area contributed by atoms with Crippen LogP contribution in [-0.2, 0) is 4.79 Å². The molecule has 2 atom stereocenters. The number of hydrogen-bond donors (Lipinski definition) is 4. The smallest absolute Gasteiger partial charge is 0.330 e. The van der Waals surface area contributed by atoms with Crippen LogP contribution in [0.15, 0.2) is 0 Å². The van der Waals surface area contributed by atoms with Crippen molar-refractivity contribution in [3.8, 4) is 0 Å². The molecule has 1 heterocycles. The van der Waals surface area contributed by atoms with Crippen LogP contribution in [-0.4, -0.2) is 52.5 Å². The van der Waals surface area contributed by atoms with Gasteiger partial charge < -0.3 is 15.5 Å². The van der Waals surface area contributed by atoms with E-state index in [-0.39, 0.29) is 0 Å².